The molecule has 0 aliphatic carbocycles. The molecule has 0 saturated carbocycles. The molecule has 21 heavy (non-hydrogen) atoms. The second kappa shape index (κ2) is 6.30. The first-order valence-electron chi connectivity index (χ1n) is 6.88. The maximum atomic E-state index is 12.8. The summed E-state index contributed by atoms with van der Waals surface area (Å²) in [5, 5.41) is 0. The van der Waals surface area contributed by atoms with Gasteiger partial charge in [-0.1, -0.05) is 0 Å². The van der Waals surface area contributed by atoms with E-state index in [2.05, 4.69) is 16.3 Å². The third-order valence-corrected chi connectivity index (χ3v) is 5.17. The molecule has 0 radical (unpaired) electrons. The summed E-state index contributed by atoms with van der Waals surface area (Å²) >= 11 is 0. The van der Waals surface area contributed by atoms with Crippen LogP contribution in [0.15, 0.2) is 46.0 Å². The van der Waals surface area contributed by atoms with Crippen LogP contribution in [0.3, 0.4) is 0 Å². The van der Waals surface area contributed by atoms with Crippen LogP contribution in [0.25, 0.3) is 0 Å². The first-order valence-corrected chi connectivity index (χ1v) is 8.80. The molecule has 0 amide bonds. The van der Waals surface area contributed by atoms with Crippen molar-refractivity contribution in [3.8, 4) is 0 Å². The third-order valence-electron chi connectivity index (χ3n) is 3.40. The Morgan fingerprint density at radius 3 is 2.52 bits per heavy atom. The fraction of sp³-hybridized carbons (Fsp3) is 0.400. The monoisotopic (exact) mass is 306 g/mol. The maximum Gasteiger partial charge on any atom is 0.0948 e. The average Bonchev–Trinajstić information content (AvgIpc) is 2.93. The zero-order valence-corrected chi connectivity index (χ0v) is 13.8. The van der Waals surface area contributed by atoms with Gasteiger partial charge in [0.25, 0.3) is 0 Å². The quantitative estimate of drug-likeness (QED) is 0.853. The van der Waals surface area contributed by atoms with E-state index in [-0.39, 0.29) is 0 Å². The molecule has 0 aliphatic heterocycles. The molecule has 2 aromatic rings. The van der Waals surface area contributed by atoms with Crippen molar-refractivity contribution in [3.05, 3.63) is 42.5 Å². The van der Waals surface area contributed by atoms with Gasteiger partial charge in [-0.15, -0.1) is 0 Å². The van der Waals surface area contributed by atoms with Crippen molar-refractivity contribution in [3.63, 3.8) is 0 Å². The first kappa shape index (κ1) is 15.6. The number of benzene rings is 1. The van der Waals surface area contributed by atoms with Gasteiger partial charge in [0.05, 0.1) is 34.5 Å². The standard InChI is InChI=1S/C15H22N4OS/c1-5-19-12-16-10-14(19)11-17-21(4,20)15-8-6-13(7-9-15)18(2)3/h6-10,12H,5,11H2,1-4H3. The van der Waals surface area contributed by atoms with Gasteiger partial charge in [-0.05, 0) is 31.2 Å². The van der Waals surface area contributed by atoms with Gasteiger partial charge >= 0.3 is 0 Å². The van der Waals surface area contributed by atoms with Crippen LogP contribution in [0.5, 0.6) is 0 Å². The summed E-state index contributed by atoms with van der Waals surface area (Å²) < 4.78 is 19.2. The largest absolute Gasteiger partial charge is 0.378 e. The Hall–Kier alpha value is -1.82. The van der Waals surface area contributed by atoms with Crippen molar-refractivity contribution in [1.82, 2.24) is 9.55 Å². The van der Waals surface area contributed by atoms with Crippen LogP contribution >= 0.6 is 0 Å². The summed E-state index contributed by atoms with van der Waals surface area (Å²) in [5.74, 6) is 0. The lowest BCUT2D eigenvalue weighted by Gasteiger charge is -2.13. The minimum Gasteiger partial charge on any atom is -0.378 e. The molecule has 2 rings (SSSR count). The first-order chi connectivity index (χ1) is 9.94. The molecule has 0 bridgehead atoms. The molecule has 1 aromatic carbocycles. The van der Waals surface area contributed by atoms with Gasteiger partial charge in [-0.2, -0.15) is 0 Å². The van der Waals surface area contributed by atoms with E-state index in [9.17, 15) is 4.21 Å². The lowest BCUT2D eigenvalue weighted by atomic mass is 10.3. The molecule has 1 unspecified atom stereocenters. The molecular formula is C15H22N4OS. The highest BCUT2D eigenvalue weighted by Crippen LogP contribution is 2.18. The van der Waals surface area contributed by atoms with Crippen molar-refractivity contribution in [2.45, 2.75) is 24.9 Å². The molecule has 114 valence electrons. The summed E-state index contributed by atoms with van der Waals surface area (Å²) in [5.41, 5.74) is 2.06. The second-order valence-corrected chi connectivity index (χ2v) is 7.48. The predicted octanol–water partition coefficient (Wildman–Crippen LogP) is 2.63. The Kier molecular flexibility index (Phi) is 4.67. The Balaban J connectivity index is 2.24. The van der Waals surface area contributed by atoms with Gasteiger partial charge in [0.15, 0.2) is 0 Å². The van der Waals surface area contributed by atoms with Gasteiger partial charge in [0, 0.05) is 37.5 Å². The molecule has 1 heterocycles. The highest BCUT2D eigenvalue weighted by molar-refractivity contribution is 7.93. The van der Waals surface area contributed by atoms with Crippen molar-refractivity contribution in [1.29, 1.82) is 0 Å². The van der Waals surface area contributed by atoms with Gasteiger partial charge in [-0.3, -0.25) is 0 Å². The molecule has 0 spiro atoms. The zero-order chi connectivity index (χ0) is 15.5. The zero-order valence-electron chi connectivity index (χ0n) is 13.0. The molecule has 0 saturated heterocycles. The van der Waals surface area contributed by atoms with Crippen molar-refractivity contribution in [2.75, 3.05) is 25.3 Å². The predicted molar refractivity (Wildman–Crippen MR) is 87.1 cm³/mol. The van der Waals surface area contributed by atoms with Gasteiger partial charge in [-0.25, -0.2) is 13.6 Å². The Morgan fingerprint density at radius 2 is 1.95 bits per heavy atom. The Morgan fingerprint density at radius 1 is 1.29 bits per heavy atom. The molecule has 0 aliphatic rings. The minimum atomic E-state index is -2.39. The Labute approximate surface area is 126 Å². The van der Waals surface area contributed by atoms with Gasteiger partial charge in [0.1, 0.15) is 0 Å². The molecule has 1 aromatic heterocycles. The number of aromatic nitrogens is 2. The summed E-state index contributed by atoms with van der Waals surface area (Å²) in [7, 11) is 1.57. The van der Waals surface area contributed by atoms with E-state index in [1.54, 1.807) is 18.8 Å². The van der Waals surface area contributed by atoms with Crippen LogP contribution in [0.4, 0.5) is 5.69 Å². The van der Waals surface area contributed by atoms with E-state index in [1.165, 1.54) is 0 Å². The fourth-order valence-corrected chi connectivity index (χ4v) is 3.19. The maximum absolute atomic E-state index is 12.8. The van der Waals surface area contributed by atoms with Gasteiger partial charge < -0.3 is 9.47 Å². The van der Waals surface area contributed by atoms with E-state index in [0.717, 1.165) is 22.8 Å². The highest BCUT2D eigenvalue weighted by Gasteiger charge is 2.07. The molecule has 0 N–H and O–H groups in total. The molecule has 5 nitrogen and oxygen atoms in total. The average molecular weight is 306 g/mol. The molecule has 0 fully saturated rings. The van der Waals surface area contributed by atoms with Crippen molar-refractivity contribution < 1.29 is 4.21 Å². The van der Waals surface area contributed by atoms with Crippen LogP contribution in [0.1, 0.15) is 12.6 Å². The number of nitrogens with zero attached hydrogens (tertiary/aromatic N) is 4. The molecular weight excluding hydrogens is 284 g/mol. The van der Waals surface area contributed by atoms with E-state index in [1.807, 2.05) is 47.8 Å². The summed E-state index contributed by atoms with van der Waals surface area (Å²) in [4.78, 5) is 6.87. The Bertz CT molecular complexity index is 710. The lowest BCUT2D eigenvalue weighted by Crippen LogP contribution is -2.08. The number of anilines is 1. The molecule has 1 atom stereocenters. The van der Waals surface area contributed by atoms with E-state index >= 15 is 0 Å². The highest BCUT2D eigenvalue weighted by atomic mass is 32.2. The van der Waals surface area contributed by atoms with Gasteiger partial charge in [0.2, 0.25) is 0 Å². The molecule has 6 heteroatoms. The summed E-state index contributed by atoms with van der Waals surface area (Å²) in [6.45, 7) is 3.31. The summed E-state index contributed by atoms with van der Waals surface area (Å²) in [6, 6.07) is 7.70. The lowest BCUT2D eigenvalue weighted by molar-refractivity contribution is 0.674. The second-order valence-electron chi connectivity index (χ2n) is 5.15. The normalized spacial score (nSPS) is 13.7. The number of hydrogen-bond donors (Lipinski definition) is 0. The van der Waals surface area contributed by atoms with Crippen molar-refractivity contribution in [2.24, 2.45) is 4.36 Å². The number of hydrogen-bond acceptors (Lipinski definition) is 4. The van der Waals surface area contributed by atoms with E-state index in [0.29, 0.717) is 6.54 Å². The van der Waals surface area contributed by atoms with Crippen LogP contribution < -0.4 is 4.90 Å². The van der Waals surface area contributed by atoms with E-state index in [4.69, 9.17) is 0 Å². The van der Waals surface area contributed by atoms with Crippen LogP contribution in [0.2, 0.25) is 0 Å². The third kappa shape index (κ3) is 3.64. The van der Waals surface area contributed by atoms with E-state index < -0.39 is 9.73 Å². The van der Waals surface area contributed by atoms with Crippen LogP contribution in [-0.2, 0) is 22.8 Å². The summed E-state index contributed by atoms with van der Waals surface area (Å²) in [6.07, 6.45) is 5.23. The SMILES string of the molecule is CCn1cncc1CN=S(C)(=O)c1ccc(N(C)C)cc1. The minimum absolute atomic E-state index is 0.415. The fourth-order valence-electron chi connectivity index (χ4n) is 2.03. The van der Waals surface area contributed by atoms with Crippen molar-refractivity contribution >= 4 is 15.4 Å². The topological polar surface area (TPSA) is 50.5 Å². The number of rotatable bonds is 5. The number of aryl methyl sites for hydroxylation is 1. The van der Waals surface area contributed by atoms with Crippen LogP contribution in [-0.4, -0.2) is 34.1 Å². The smallest absolute Gasteiger partial charge is 0.0948 e. The number of imidazole rings is 1. The van der Waals surface area contributed by atoms with Crippen LogP contribution in [0, 0.1) is 0 Å².